The van der Waals surface area contributed by atoms with Gasteiger partial charge in [0.25, 0.3) is 0 Å². The zero-order valence-corrected chi connectivity index (χ0v) is 10.8. The average Bonchev–Trinajstić information content (AvgIpc) is 2.26. The van der Waals surface area contributed by atoms with Crippen molar-refractivity contribution in [1.82, 2.24) is 4.98 Å². The smallest absolute Gasteiger partial charge is 0.366 e. The molecule has 106 valence electrons. The Bertz CT molecular complexity index is 557. The summed E-state index contributed by atoms with van der Waals surface area (Å²) >= 11 is 0. The van der Waals surface area contributed by atoms with Crippen LogP contribution in [-0.2, 0) is 16.0 Å². The average molecular weight is 294 g/mol. The Labute approximate surface area is 109 Å². The summed E-state index contributed by atoms with van der Waals surface area (Å²) in [7, 11) is -3.10. The van der Waals surface area contributed by atoms with Gasteiger partial charge in [-0.3, -0.25) is 0 Å². The van der Waals surface area contributed by atoms with E-state index in [1.54, 1.807) is 0 Å². The second kappa shape index (κ2) is 4.99. The molecule has 1 fully saturated rings. The van der Waals surface area contributed by atoms with Crippen LogP contribution in [0.25, 0.3) is 0 Å². The van der Waals surface area contributed by atoms with Crippen molar-refractivity contribution in [2.24, 2.45) is 0 Å². The molecule has 0 amide bonds. The molecule has 4 nitrogen and oxygen atoms in total. The molecular weight excluding hydrogens is 281 g/mol. The fourth-order valence-electron chi connectivity index (χ4n) is 2.03. The molecule has 1 saturated heterocycles. The molecule has 0 saturated carbocycles. The lowest BCUT2D eigenvalue weighted by Gasteiger charge is -2.23. The minimum atomic E-state index is -4.43. The van der Waals surface area contributed by atoms with Gasteiger partial charge in [0.1, 0.15) is 5.82 Å². The van der Waals surface area contributed by atoms with Crippen LogP contribution in [0.4, 0.5) is 19.0 Å². The van der Waals surface area contributed by atoms with Crippen LogP contribution < -0.4 is 5.32 Å². The molecule has 0 bridgehead atoms. The molecule has 0 spiro atoms. The third-order valence-electron chi connectivity index (χ3n) is 2.90. The van der Waals surface area contributed by atoms with Gasteiger partial charge in [0.05, 0.1) is 17.1 Å². The zero-order chi connectivity index (χ0) is 14.1. The Morgan fingerprint density at radius 1 is 1.37 bits per heavy atom. The fourth-order valence-corrected chi connectivity index (χ4v) is 3.67. The van der Waals surface area contributed by atoms with Crippen molar-refractivity contribution in [2.75, 3.05) is 16.8 Å². The van der Waals surface area contributed by atoms with E-state index in [9.17, 15) is 21.6 Å². The second-order valence-electron chi connectivity index (χ2n) is 4.53. The summed E-state index contributed by atoms with van der Waals surface area (Å²) in [5, 5.41) is 2.76. The molecule has 0 aliphatic carbocycles. The normalized spacial score (nSPS) is 23.0. The SMILES string of the molecule is O=S1(=O)CCCC(Nc2cc(C(F)(F)F)ccn2)C1. The fraction of sp³-hybridized carbons (Fsp3) is 0.545. The maximum Gasteiger partial charge on any atom is 0.416 e. The molecule has 1 aliphatic rings. The zero-order valence-electron chi connectivity index (χ0n) is 9.94. The van der Waals surface area contributed by atoms with Gasteiger partial charge in [0.15, 0.2) is 9.84 Å². The Morgan fingerprint density at radius 2 is 2.11 bits per heavy atom. The molecular formula is C11H13F3N2O2S. The van der Waals surface area contributed by atoms with Crippen LogP contribution in [-0.4, -0.2) is 30.9 Å². The number of anilines is 1. The van der Waals surface area contributed by atoms with Crippen LogP contribution in [0, 0.1) is 0 Å². The van der Waals surface area contributed by atoms with Gasteiger partial charge in [-0.15, -0.1) is 0 Å². The van der Waals surface area contributed by atoms with Gasteiger partial charge in [-0.25, -0.2) is 13.4 Å². The highest BCUT2D eigenvalue weighted by molar-refractivity contribution is 7.91. The molecule has 2 rings (SSSR count). The number of rotatable bonds is 2. The lowest BCUT2D eigenvalue weighted by Crippen LogP contribution is -2.35. The minimum Gasteiger partial charge on any atom is -0.366 e. The van der Waals surface area contributed by atoms with E-state index >= 15 is 0 Å². The molecule has 0 aromatic carbocycles. The summed E-state index contributed by atoms with van der Waals surface area (Å²) < 4.78 is 60.4. The Hall–Kier alpha value is -1.31. The highest BCUT2D eigenvalue weighted by Crippen LogP contribution is 2.30. The number of alkyl halides is 3. The summed E-state index contributed by atoms with van der Waals surface area (Å²) in [5.74, 6) is 0.128. The van der Waals surface area contributed by atoms with E-state index in [1.807, 2.05) is 0 Å². The van der Waals surface area contributed by atoms with Gasteiger partial charge in [-0.1, -0.05) is 0 Å². The number of pyridine rings is 1. The number of sulfone groups is 1. The molecule has 1 atom stereocenters. The largest absolute Gasteiger partial charge is 0.416 e. The van der Waals surface area contributed by atoms with Crippen molar-refractivity contribution >= 4 is 15.7 Å². The first kappa shape index (κ1) is 14.1. The predicted octanol–water partition coefficient (Wildman–Crippen LogP) is 2.09. The molecule has 1 unspecified atom stereocenters. The van der Waals surface area contributed by atoms with Gasteiger partial charge in [0, 0.05) is 12.2 Å². The number of nitrogens with one attached hydrogen (secondary N) is 1. The molecule has 1 aromatic rings. The third-order valence-corrected chi connectivity index (χ3v) is 4.72. The van der Waals surface area contributed by atoms with Crippen LogP contribution in [0.5, 0.6) is 0 Å². The maximum absolute atomic E-state index is 12.5. The van der Waals surface area contributed by atoms with Gasteiger partial charge in [-0.2, -0.15) is 13.2 Å². The second-order valence-corrected chi connectivity index (χ2v) is 6.75. The van der Waals surface area contributed by atoms with Crippen molar-refractivity contribution in [3.8, 4) is 0 Å². The quantitative estimate of drug-likeness (QED) is 0.907. The molecule has 19 heavy (non-hydrogen) atoms. The van der Waals surface area contributed by atoms with Gasteiger partial charge < -0.3 is 5.32 Å². The molecule has 1 aliphatic heterocycles. The molecule has 1 aromatic heterocycles. The van der Waals surface area contributed by atoms with Crippen molar-refractivity contribution in [3.63, 3.8) is 0 Å². The van der Waals surface area contributed by atoms with Crippen molar-refractivity contribution in [2.45, 2.75) is 25.1 Å². The number of hydrogen-bond donors (Lipinski definition) is 1. The summed E-state index contributed by atoms with van der Waals surface area (Å²) in [4.78, 5) is 3.79. The lowest BCUT2D eigenvalue weighted by atomic mass is 10.2. The Morgan fingerprint density at radius 3 is 2.74 bits per heavy atom. The lowest BCUT2D eigenvalue weighted by molar-refractivity contribution is -0.137. The van der Waals surface area contributed by atoms with Crippen LogP contribution in [0.3, 0.4) is 0 Å². The van der Waals surface area contributed by atoms with Crippen LogP contribution in [0.1, 0.15) is 18.4 Å². The van der Waals surface area contributed by atoms with E-state index in [0.29, 0.717) is 12.8 Å². The summed E-state index contributed by atoms with van der Waals surface area (Å²) in [6, 6.07) is 1.39. The van der Waals surface area contributed by atoms with E-state index in [-0.39, 0.29) is 23.4 Å². The summed E-state index contributed by atoms with van der Waals surface area (Å²) in [6.07, 6.45) is -2.25. The Balaban J connectivity index is 2.11. The van der Waals surface area contributed by atoms with E-state index < -0.39 is 21.6 Å². The first-order chi connectivity index (χ1) is 8.76. The van der Waals surface area contributed by atoms with Crippen molar-refractivity contribution in [3.05, 3.63) is 23.9 Å². The van der Waals surface area contributed by atoms with Crippen molar-refractivity contribution < 1.29 is 21.6 Å². The van der Waals surface area contributed by atoms with Crippen LogP contribution >= 0.6 is 0 Å². The molecule has 2 heterocycles. The molecule has 8 heteroatoms. The van der Waals surface area contributed by atoms with E-state index in [2.05, 4.69) is 10.3 Å². The standard InChI is InChI=1S/C11H13F3N2O2S/c12-11(13,14)8-3-4-15-10(6-8)16-9-2-1-5-19(17,18)7-9/h3-4,6,9H,1-2,5,7H2,(H,15,16). The topological polar surface area (TPSA) is 59.1 Å². The number of aromatic nitrogens is 1. The predicted molar refractivity (Wildman–Crippen MR) is 64.5 cm³/mol. The van der Waals surface area contributed by atoms with Gasteiger partial charge >= 0.3 is 6.18 Å². The van der Waals surface area contributed by atoms with E-state index in [1.165, 1.54) is 0 Å². The van der Waals surface area contributed by atoms with E-state index in [0.717, 1.165) is 18.3 Å². The van der Waals surface area contributed by atoms with Crippen LogP contribution in [0.15, 0.2) is 18.3 Å². The van der Waals surface area contributed by atoms with Crippen LogP contribution in [0.2, 0.25) is 0 Å². The first-order valence-electron chi connectivity index (χ1n) is 5.76. The number of hydrogen-bond acceptors (Lipinski definition) is 4. The van der Waals surface area contributed by atoms with Crippen molar-refractivity contribution in [1.29, 1.82) is 0 Å². The minimum absolute atomic E-state index is 0.0527. The van der Waals surface area contributed by atoms with Gasteiger partial charge in [0.2, 0.25) is 0 Å². The highest BCUT2D eigenvalue weighted by atomic mass is 32.2. The molecule has 1 N–H and O–H groups in total. The van der Waals surface area contributed by atoms with E-state index in [4.69, 9.17) is 0 Å². The number of nitrogens with zero attached hydrogens (tertiary/aromatic N) is 1. The summed E-state index contributed by atoms with van der Waals surface area (Å²) in [6.45, 7) is 0. The molecule has 0 radical (unpaired) electrons. The highest BCUT2D eigenvalue weighted by Gasteiger charge is 2.31. The maximum atomic E-state index is 12.5. The first-order valence-corrected chi connectivity index (χ1v) is 7.59. The monoisotopic (exact) mass is 294 g/mol. The third kappa shape index (κ3) is 3.82. The van der Waals surface area contributed by atoms with Gasteiger partial charge in [-0.05, 0) is 25.0 Å². The Kier molecular flexibility index (Phi) is 3.71. The summed E-state index contributed by atoms with van der Waals surface area (Å²) in [5.41, 5.74) is -0.802. The number of halogens is 3.